The third-order valence-electron chi connectivity index (χ3n) is 7.48. The van der Waals surface area contributed by atoms with Crippen LogP contribution in [0.5, 0.6) is 11.5 Å². The van der Waals surface area contributed by atoms with Gasteiger partial charge in [-0.3, -0.25) is 14.1 Å². The van der Waals surface area contributed by atoms with E-state index in [2.05, 4.69) is 14.9 Å². The van der Waals surface area contributed by atoms with Crippen molar-refractivity contribution in [3.8, 4) is 11.5 Å². The lowest BCUT2D eigenvalue weighted by Gasteiger charge is -2.26. The SMILES string of the molecule is COCCCOc1ccnc(CS(=O)c2nc3ccccc3n2S(=O)(=O)c2ccc(OCCOCCN3CCOCC3)cc2)c1C. The van der Waals surface area contributed by atoms with E-state index in [9.17, 15) is 12.6 Å². The summed E-state index contributed by atoms with van der Waals surface area (Å²) in [5.41, 5.74) is 2.02. The number of nitrogens with zero attached hydrogens (tertiary/aromatic N) is 4. The molecule has 0 spiro atoms. The largest absolute Gasteiger partial charge is 0.493 e. The summed E-state index contributed by atoms with van der Waals surface area (Å²) >= 11 is 0. The second-order valence-electron chi connectivity index (χ2n) is 10.6. The number of morpholine rings is 1. The lowest BCUT2D eigenvalue weighted by molar-refractivity contribution is 0.0170. The average Bonchev–Trinajstić information content (AvgIpc) is 3.48. The molecule has 0 amide bonds. The molecule has 1 fully saturated rings. The van der Waals surface area contributed by atoms with Crippen LogP contribution in [0.2, 0.25) is 0 Å². The number of imidazole rings is 1. The van der Waals surface area contributed by atoms with Crippen LogP contribution in [0, 0.1) is 6.92 Å². The third kappa shape index (κ3) is 8.49. The summed E-state index contributed by atoms with van der Waals surface area (Å²) in [6, 6.07) is 14.7. The Morgan fingerprint density at radius 3 is 2.50 bits per heavy atom. The number of aromatic nitrogens is 3. The molecule has 3 heterocycles. The van der Waals surface area contributed by atoms with Crippen LogP contribution in [0.25, 0.3) is 11.0 Å². The minimum atomic E-state index is -4.18. The van der Waals surface area contributed by atoms with Crippen molar-refractivity contribution in [3.05, 3.63) is 72.1 Å². The van der Waals surface area contributed by atoms with Gasteiger partial charge in [0.25, 0.3) is 10.0 Å². The van der Waals surface area contributed by atoms with Crippen molar-refractivity contribution >= 4 is 31.9 Å². The van der Waals surface area contributed by atoms with Gasteiger partial charge in [0.1, 0.15) is 18.1 Å². The second-order valence-corrected chi connectivity index (χ2v) is 13.7. The van der Waals surface area contributed by atoms with Crippen molar-refractivity contribution in [3.63, 3.8) is 0 Å². The minimum Gasteiger partial charge on any atom is -0.493 e. The first kappa shape index (κ1) is 33.9. The Bertz CT molecular complexity index is 1710. The summed E-state index contributed by atoms with van der Waals surface area (Å²) in [5.74, 6) is 1.10. The number of pyridine rings is 1. The number of ether oxygens (including phenoxy) is 5. The van der Waals surface area contributed by atoms with Gasteiger partial charge in [-0.1, -0.05) is 12.1 Å². The molecule has 1 saturated heterocycles. The van der Waals surface area contributed by atoms with Crippen LogP contribution < -0.4 is 9.47 Å². The summed E-state index contributed by atoms with van der Waals surface area (Å²) in [6.07, 6.45) is 2.31. The van der Waals surface area contributed by atoms with Crippen LogP contribution in [-0.4, -0.2) is 104 Å². The lowest BCUT2D eigenvalue weighted by Crippen LogP contribution is -2.38. The monoisotopic (exact) mass is 672 g/mol. The third-order valence-corrected chi connectivity index (χ3v) is 10.5. The van der Waals surface area contributed by atoms with Gasteiger partial charge in [-0.25, -0.2) is 17.4 Å². The van der Waals surface area contributed by atoms with E-state index >= 15 is 0 Å². The first-order valence-corrected chi connectivity index (χ1v) is 17.9. The van der Waals surface area contributed by atoms with Gasteiger partial charge in [-0.2, -0.15) is 0 Å². The van der Waals surface area contributed by atoms with E-state index in [1.807, 2.05) is 6.92 Å². The van der Waals surface area contributed by atoms with Crippen molar-refractivity contribution in [1.29, 1.82) is 0 Å². The van der Waals surface area contributed by atoms with Crippen molar-refractivity contribution < 1.29 is 36.3 Å². The molecule has 2 aromatic heterocycles. The van der Waals surface area contributed by atoms with Gasteiger partial charge in [-0.15, -0.1) is 0 Å². The first-order valence-electron chi connectivity index (χ1n) is 15.2. The molecule has 14 heteroatoms. The smallest absolute Gasteiger partial charge is 0.270 e. The van der Waals surface area contributed by atoms with Crippen molar-refractivity contribution in [2.75, 3.05) is 73.0 Å². The zero-order chi connectivity index (χ0) is 32.4. The molecule has 1 unspecified atom stereocenters. The molecule has 0 bridgehead atoms. The maximum atomic E-state index is 14.0. The van der Waals surface area contributed by atoms with E-state index in [4.69, 9.17) is 23.7 Å². The van der Waals surface area contributed by atoms with Crippen molar-refractivity contribution in [2.24, 2.45) is 0 Å². The quantitative estimate of drug-likeness (QED) is 0.153. The maximum absolute atomic E-state index is 14.0. The zero-order valence-electron chi connectivity index (χ0n) is 26.1. The number of rotatable bonds is 17. The van der Waals surface area contributed by atoms with Gasteiger partial charge in [-0.05, 0) is 49.4 Å². The first-order chi connectivity index (χ1) is 22.4. The highest BCUT2D eigenvalue weighted by Crippen LogP contribution is 2.28. The highest BCUT2D eigenvalue weighted by atomic mass is 32.2. The van der Waals surface area contributed by atoms with E-state index in [0.29, 0.717) is 61.3 Å². The number of hydrogen-bond donors (Lipinski definition) is 0. The molecule has 0 saturated carbocycles. The summed E-state index contributed by atoms with van der Waals surface area (Å²) in [4.78, 5) is 11.2. The summed E-state index contributed by atoms with van der Waals surface area (Å²) in [7, 11) is -4.39. The van der Waals surface area contributed by atoms with E-state index in [1.165, 1.54) is 12.1 Å². The number of methoxy groups -OCH3 is 1. The lowest BCUT2D eigenvalue weighted by atomic mass is 10.2. The predicted octanol–water partition coefficient (Wildman–Crippen LogP) is 3.43. The molecule has 248 valence electrons. The molecule has 1 atom stereocenters. The molecule has 0 aliphatic carbocycles. The molecule has 2 aromatic carbocycles. The van der Waals surface area contributed by atoms with E-state index in [0.717, 1.165) is 48.8 Å². The van der Waals surface area contributed by atoms with Gasteiger partial charge >= 0.3 is 0 Å². The fourth-order valence-corrected chi connectivity index (χ4v) is 7.99. The molecule has 0 N–H and O–H groups in total. The topological polar surface area (TPSA) is 131 Å². The molecule has 12 nitrogen and oxygen atoms in total. The second kappa shape index (κ2) is 16.4. The molecule has 46 heavy (non-hydrogen) atoms. The van der Waals surface area contributed by atoms with E-state index in [1.54, 1.807) is 55.8 Å². The summed E-state index contributed by atoms with van der Waals surface area (Å²) in [5, 5.41) is -0.0802. The van der Waals surface area contributed by atoms with Gasteiger partial charge in [0, 0.05) is 51.5 Å². The van der Waals surface area contributed by atoms with Crippen molar-refractivity contribution in [2.45, 2.75) is 29.1 Å². The van der Waals surface area contributed by atoms with Crippen LogP contribution in [0.4, 0.5) is 0 Å². The summed E-state index contributed by atoms with van der Waals surface area (Å²) in [6.45, 7) is 8.40. The Balaban J connectivity index is 1.27. The molecular weight excluding hydrogens is 633 g/mol. The Labute approximate surface area is 272 Å². The molecule has 0 radical (unpaired) electrons. The fraction of sp³-hybridized carbons (Fsp3) is 0.438. The maximum Gasteiger partial charge on any atom is 0.270 e. The standard InChI is InChI=1S/C32H40N4O8S2/c1-25-29(33-13-12-31(25)44-18-5-17-40-2)24-45(37)32-34-28-6-3-4-7-30(28)36(32)46(38,39)27-10-8-26(9-11-27)43-23-22-42-21-16-35-14-19-41-20-15-35/h3-4,6-13H,5,14-24H2,1-2H3. The fourth-order valence-electron chi connectivity index (χ4n) is 4.94. The number of fused-ring (bicyclic) bond motifs is 1. The Kier molecular flexibility index (Phi) is 12.1. The van der Waals surface area contributed by atoms with Crippen LogP contribution in [0.3, 0.4) is 0 Å². The highest BCUT2D eigenvalue weighted by Gasteiger charge is 2.28. The minimum absolute atomic E-state index is 0.0174. The van der Waals surface area contributed by atoms with E-state index < -0.39 is 20.8 Å². The van der Waals surface area contributed by atoms with Crippen LogP contribution in [-0.2, 0) is 40.8 Å². The number of benzene rings is 2. The molecule has 5 rings (SSSR count). The molecular formula is C32H40N4O8S2. The van der Waals surface area contributed by atoms with Crippen molar-refractivity contribution in [1.82, 2.24) is 18.8 Å². The molecule has 4 aromatic rings. The van der Waals surface area contributed by atoms with Gasteiger partial charge in [0.2, 0.25) is 5.16 Å². The van der Waals surface area contributed by atoms with Gasteiger partial charge in [0.15, 0.2) is 0 Å². The Morgan fingerprint density at radius 2 is 1.72 bits per heavy atom. The summed E-state index contributed by atoms with van der Waals surface area (Å²) < 4.78 is 70.7. The highest BCUT2D eigenvalue weighted by molar-refractivity contribution is 7.91. The van der Waals surface area contributed by atoms with E-state index in [-0.39, 0.29) is 15.8 Å². The molecule has 1 aliphatic heterocycles. The van der Waals surface area contributed by atoms with Gasteiger partial charge in [0.05, 0.1) is 71.2 Å². The number of hydrogen-bond acceptors (Lipinski definition) is 11. The zero-order valence-corrected chi connectivity index (χ0v) is 27.8. The normalized spacial score (nSPS) is 14.8. The van der Waals surface area contributed by atoms with Crippen LogP contribution in [0.15, 0.2) is 70.8 Å². The Morgan fingerprint density at radius 1 is 0.935 bits per heavy atom. The Hall–Kier alpha value is -3.40. The van der Waals surface area contributed by atoms with Crippen LogP contribution >= 0.6 is 0 Å². The van der Waals surface area contributed by atoms with Gasteiger partial charge < -0.3 is 23.7 Å². The average molecular weight is 673 g/mol. The number of para-hydroxylation sites is 2. The van der Waals surface area contributed by atoms with Crippen LogP contribution in [0.1, 0.15) is 17.7 Å². The molecule has 1 aliphatic rings. The predicted molar refractivity (Wildman–Crippen MR) is 173 cm³/mol.